The van der Waals surface area contributed by atoms with Crippen LogP contribution >= 0.6 is 0 Å². The molecule has 0 aliphatic carbocycles. The second-order valence-corrected chi connectivity index (χ2v) is 6.34. The lowest BCUT2D eigenvalue weighted by Gasteiger charge is -2.18. The third kappa shape index (κ3) is 5.65. The van der Waals surface area contributed by atoms with Crippen molar-refractivity contribution >= 4 is 0 Å². The molecule has 4 nitrogen and oxygen atoms in total. The van der Waals surface area contributed by atoms with Crippen molar-refractivity contribution in [3.05, 3.63) is 71.8 Å². The maximum Gasteiger partial charge on any atom is 0.158 e. The lowest BCUT2D eigenvalue weighted by Crippen LogP contribution is -2.26. The Hall–Kier alpha value is -1.72. The van der Waals surface area contributed by atoms with E-state index < -0.39 is 0 Å². The van der Waals surface area contributed by atoms with E-state index in [9.17, 15) is 0 Å². The number of benzene rings is 2. The summed E-state index contributed by atoms with van der Waals surface area (Å²) in [6.07, 6.45) is 0.671. The highest BCUT2D eigenvalue weighted by Gasteiger charge is 2.35. The minimum absolute atomic E-state index is 0.00411. The molecule has 1 saturated heterocycles. The van der Waals surface area contributed by atoms with Gasteiger partial charge >= 0.3 is 0 Å². The Morgan fingerprint density at radius 2 is 1.40 bits per heavy atom. The van der Waals surface area contributed by atoms with Gasteiger partial charge in [0.05, 0.1) is 32.5 Å². The van der Waals surface area contributed by atoms with Crippen LogP contribution in [-0.2, 0) is 32.2 Å². The van der Waals surface area contributed by atoms with Gasteiger partial charge in [-0.3, -0.25) is 0 Å². The zero-order chi connectivity index (χ0) is 17.3. The van der Waals surface area contributed by atoms with Crippen LogP contribution in [0, 0.1) is 5.92 Å². The first kappa shape index (κ1) is 18.1. The largest absolute Gasteiger partial charge is 0.376 e. The first-order valence-corrected chi connectivity index (χ1v) is 8.76. The molecule has 1 unspecified atom stereocenters. The Morgan fingerprint density at radius 3 is 1.96 bits per heavy atom. The van der Waals surface area contributed by atoms with Gasteiger partial charge in [0.1, 0.15) is 0 Å². The van der Waals surface area contributed by atoms with Crippen LogP contribution in [0.4, 0.5) is 0 Å². The fourth-order valence-electron chi connectivity index (χ4n) is 3.03. The fraction of sp³-hybridized carbons (Fsp3) is 0.429. The molecule has 0 radical (unpaired) electrons. The lowest BCUT2D eigenvalue weighted by molar-refractivity contribution is -0.132. The average molecular weight is 342 g/mol. The number of hydrogen-bond donors (Lipinski definition) is 0. The van der Waals surface area contributed by atoms with Gasteiger partial charge in [0.15, 0.2) is 6.29 Å². The molecule has 1 fully saturated rings. The number of hydrogen-bond acceptors (Lipinski definition) is 4. The molecule has 0 aromatic heterocycles. The molecule has 1 aliphatic rings. The number of rotatable bonds is 9. The van der Waals surface area contributed by atoms with Gasteiger partial charge < -0.3 is 18.9 Å². The van der Waals surface area contributed by atoms with Gasteiger partial charge in [-0.05, 0) is 11.1 Å². The van der Waals surface area contributed by atoms with E-state index in [1.165, 1.54) is 11.1 Å². The quantitative estimate of drug-likeness (QED) is 0.695. The van der Waals surface area contributed by atoms with Crippen LogP contribution in [0.5, 0.6) is 0 Å². The molecule has 3 rings (SSSR count). The van der Waals surface area contributed by atoms with Crippen LogP contribution in [0.25, 0.3) is 0 Å². The molecular weight excluding hydrogens is 316 g/mol. The highest BCUT2D eigenvalue weighted by atomic mass is 16.7. The van der Waals surface area contributed by atoms with Gasteiger partial charge in [0, 0.05) is 19.4 Å². The second kappa shape index (κ2) is 9.68. The smallest absolute Gasteiger partial charge is 0.158 e. The van der Waals surface area contributed by atoms with E-state index in [1.807, 2.05) is 36.4 Å². The standard InChI is InChI=1S/C21H26O4/c1-22-21-12-19(15-23-13-17-8-4-2-5-9-17)20(25-21)16-24-14-18-10-6-3-7-11-18/h2-11,19-21H,12-16H2,1H3/t19-,20+,21?/m1/s1. The third-order valence-electron chi connectivity index (χ3n) is 4.45. The number of methoxy groups -OCH3 is 1. The third-order valence-corrected chi connectivity index (χ3v) is 4.45. The highest BCUT2D eigenvalue weighted by molar-refractivity contribution is 5.14. The molecule has 2 aromatic rings. The minimum Gasteiger partial charge on any atom is -0.376 e. The molecule has 1 heterocycles. The van der Waals surface area contributed by atoms with Gasteiger partial charge in [-0.1, -0.05) is 60.7 Å². The molecule has 3 atom stereocenters. The van der Waals surface area contributed by atoms with E-state index in [0.29, 0.717) is 26.4 Å². The second-order valence-electron chi connectivity index (χ2n) is 6.34. The molecule has 2 aromatic carbocycles. The molecule has 0 spiro atoms. The SMILES string of the molecule is COC1C[C@H](COCc2ccccc2)[C@H](COCc2ccccc2)O1. The van der Waals surface area contributed by atoms with Crippen LogP contribution in [0.1, 0.15) is 17.5 Å². The minimum atomic E-state index is -0.171. The van der Waals surface area contributed by atoms with Crippen LogP contribution in [-0.4, -0.2) is 32.7 Å². The molecule has 25 heavy (non-hydrogen) atoms. The van der Waals surface area contributed by atoms with Gasteiger partial charge in [-0.25, -0.2) is 0 Å². The van der Waals surface area contributed by atoms with Crippen LogP contribution in [0.2, 0.25) is 0 Å². The summed E-state index contributed by atoms with van der Waals surface area (Å²) in [5.74, 6) is 0.282. The topological polar surface area (TPSA) is 36.9 Å². The molecule has 1 aliphatic heterocycles. The van der Waals surface area contributed by atoms with E-state index in [2.05, 4.69) is 24.3 Å². The van der Waals surface area contributed by atoms with Crippen LogP contribution in [0.3, 0.4) is 0 Å². The van der Waals surface area contributed by atoms with Crippen molar-refractivity contribution in [2.75, 3.05) is 20.3 Å². The Bertz CT molecular complexity index is 548. The van der Waals surface area contributed by atoms with E-state index in [1.54, 1.807) is 7.11 Å². The van der Waals surface area contributed by atoms with Crippen molar-refractivity contribution in [2.45, 2.75) is 32.0 Å². The summed E-state index contributed by atoms with van der Waals surface area (Å²) in [7, 11) is 1.68. The Morgan fingerprint density at radius 1 is 0.840 bits per heavy atom. The normalized spacial score (nSPS) is 23.0. The summed E-state index contributed by atoms with van der Waals surface area (Å²) in [4.78, 5) is 0. The van der Waals surface area contributed by atoms with E-state index in [-0.39, 0.29) is 18.3 Å². The van der Waals surface area contributed by atoms with Crippen molar-refractivity contribution in [1.82, 2.24) is 0 Å². The van der Waals surface area contributed by atoms with Crippen molar-refractivity contribution < 1.29 is 18.9 Å². The van der Waals surface area contributed by atoms with E-state index in [0.717, 1.165) is 6.42 Å². The molecule has 0 saturated carbocycles. The Kier molecular flexibility index (Phi) is 7.00. The van der Waals surface area contributed by atoms with Crippen molar-refractivity contribution in [3.63, 3.8) is 0 Å². The van der Waals surface area contributed by atoms with Crippen molar-refractivity contribution in [3.8, 4) is 0 Å². The lowest BCUT2D eigenvalue weighted by atomic mass is 10.0. The van der Waals surface area contributed by atoms with Crippen LogP contribution < -0.4 is 0 Å². The van der Waals surface area contributed by atoms with Crippen molar-refractivity contribution in [2.24, 2.45) is 5.92 Å². The zero-order valence-electron chi connectivity index (χ0n) is 14.7. The molecular formula is C21H26O4. The van der Waals surface area contributed by atoms with E-state index in [4.69, 9.17) is 18.9 Å². The van der Waals surface area contributed by atoms with Gasteiger partial charge in [-0.2, -0.15) is 0 Å². The summed E-state index contributed by atoms with van der Waals surface area (Å²) >= 11 is 0. The predicted molar refractivity (Wildman–Crippen MR) is 96.0 cm³/mol. The Labute approximate surface area is 149 Å². The average Bonchev–Trinajstić information content (AvgIpc) is 3.06. The summed E-state index contributed by atoms with van der Waals surface area (Å²) in [6, 6.07) is 20.4. The molecule has 0 amide bonds. The highest BCUT2D eigenvalue weighted by Crippen LogP contribution is 2.28. The maximum absolute atomic E-state index is 5.94. The monoisotopic (exact) mass is 342 g/mol. The molecule has 134 valence electrons. The zero-order valence-corrected chi connectivity index (χ0v) is 14.7. The summed E-state index contributed by atoms with van der Waals surface area (Å²) in [6.45, 7) is 2.41. The van der Waals surface area contributed by atoms with Crippen LogP contribution in [0.15, 0.2) is 60.7 Å². The van der Waals surface area contributed by atoms with Gasteiger partial charge in [0.25, 0.3) is 0 Å². The predicted octanol–water partition coefficient (Wildman–Crippen LogP) is 3.80. The van der Waals surface area contributed by atoms with Crippen molar-refractivity contribution in [1.29, 1.82) is 0 Å². The summed E-state index contributed by atoms with van der Waals surface area (Å²) < 4.78 is 23.1. The van der Waals surface area contributed by atoms with E-state index >= 15 is 0 Å². The summed E-state index contributed by atoms with van der Waals surface area (Å²) in [5.41, 5.74) is 2.35. The molecule has 0 N–H and O–H groups in total. The first-order chi connectivity index (χ1) is 12.3. The summed E-state index contributed by atoms with van der Waals surface area (Å²) in [5, 5.41) is 0. The molecule has 0 bridgehead atoms. The van der Waals surface area contributed by atoms with Gasteiger partial charge in [0.2, 0.25) is 0 Å². The Balaban J connectivity index is 1.44. The maximum atomic E-state index is 5.94. The molecule has 4 heteroatoms. The van der Waals surface area contributed by atoms with Gasteiger partial charge in [-0.15, -0.1) is 0 Å². The fourth-order valence-corrected chi connectivity index (χ4v) is 3.03. The first-order valence-electron chi connectivity index (χ1n) is 8.76. The number of ether oxygens (including phenoxy) is 4.